The fraction of sp³-hybridized carbons (Fsp3) is 0.200. The lowest BCUT2D eigenvalue weighted by atomic mass is 10.0. The first-order valence-electron chi connectivity index (χ1n) is 13.9. The number of para-hydroxylation sites is 1. The molecule has 5 aromatic rings. The van der Waals surface area contributed by atoms with Crippen molar-refractivity contribution in [1.82, 2.24) is 4.57 Å². The summed E-state index contributed by atoms with van der Waals surface area (Å²) in [4.78, 5) is 26.7. The van der Waals surface area contributed by atoms with E-state index in [-0.39, 0.29) is 36.6 Å². The zero-order valence-corrected chi connectivity index (χ0v) is 23.4. The third-order valence-corrected chi connectivity index (χ3v) is 7.74. The predicted molar refractivity (Wildman–Crippen MR) is 158 cm³/mol. The maximum Gasteiger partial charge on any atom is 0.310 e. The zero-order chi connectivity index (χ0) is 29.2. The van der Waals surface area contributed by atoms with Gasteiger partial charge in [0, 0.05) is 22.2 Å². The Kier molecular flexibility index (Phi) is 7.48. The minimum absolute atomic E-state index is 0.0587. The molecule has 0 saturated carbocycles. The van der Waals surface area contributed by atoms with Crippen LogP contribution >= 0.6 is 0 Å². The number of fused-ring (bicyclic) bond motifs is 2. The molecule has 0 N–H and O–H groups in total. The lowest BCUT2D eigenvalue weighted by Crippen LogP contribution is -2.16. The highest BCUT2D eigenvalue weighted by Gasteiger charge is 2.26. The molecular formula is C35H30FNO5. The molecule has 1 atom stereocenters. The molecule has 1 aliphatic heterocycles. The molecule has 6 rings (SSSR count). The highest BCUT2D eigenvalue weighted by molar-refractivity contribution is 6.05. The average molecular weight is 564 g/mol. The maximum absolute atomic E-state index is 13.9. The second-order valence-electron chi connectivity index (χ2n) is 10.5. The Morgan fingerprint density at radius 1 is 0.952 bits per heavy atom. The van der Waals surface area contributed by atoms with Crippen molar-refractivity contribution in [2.45, 2.75) is 32.8 Å². The lowest BCUT2D eigenvalue weighted by Gasteiger charge is -2.14. The van der Waals surface area contributed by atoms with Crippen molar-refractivity contribution in [2.75, 3.05) is 13.2 Å². The van der Waals surface area contributed by atoms with E-state index in [0.717, 1.165) is 33.2 Å². The quantitative estimate of drug-likeness (QED) is 0.192. The van der Waals surface area contributed by atoms with Crippen LogP contribution in [0.1, 0.15) is 44.2 Å². The van der Waals surface area contributed by atoms with E-state index in [1.165, 1.54) is 12.1 Å². The summed E-state index contributed by atoms with van der Waals surface area (Å²) in [6, 6.07) is 27.0. The summed E-state index contributed by atoms with van der Waals surface area (Å²) in [6.45, 7) is 4.67. The van der Waals surface area contributed by atoms with Gasteiger partial charge in [0.2, 0.25) is 0 Å². The third kappa shape index (κ3) is 5.38. The van der Waals surface area contributed by atoms with Crippen molar-refractivity contribution >= 4 is 22.8 Å². The number of rotatable bonds is 8. The summed E-state index contributed by atoms with van der Waals surface area (Å²) in [5, 5.41) is 0.841. The van der Waals surface area contributed by atoms with E-state index in [0.29, 0.717) is 36.0 Å². The van der Waals surface area contributed by atoms with Crippen LogP contribution in [-0.4, -0.2) is 29.7 Å². The molecule has 0 fully saturated rings. The number of nitrogens with zero attached hydrogens (tertiary/aromatic N) is 1. The number of hydrogen-bond donors (Lipinski definition) is 0. The number of benzene rings is 4. The summed E-state index contributed by atoms with van der Waals surface area (Å²) in [7, 11) is 0. The standard InChI is InChI=1S/C35H30FNO5/c1-22-16-27(40-20-25-21-41-33-15-12-26(36)17-31(25)33)13-14-28(22)35(39)37-23(2)30(29-10-6-7-11-32(29)37)18-34(38)42-19-24-8-4-3-5-9-24/h3-17,25H,18-21H2,1-2H3/t25-/m1/s1. The van der Waals surface area contributed by atoms with Crippen molar-refractivity contribution in [3.63, 3.8) is 0 Å². The van der Waals surface area contributed by atoms with Gasteiger partial charge in [-0.25, -0.2) is 4.39 Å². The molecule has 1 aromatic heterocycles. The number of hydrogen-bond acceptors (Lipinski definition) is 5. The number of halogens is 1. The van der Waals surface area contributed by atoms with Gasteiger partial charge < -0.3 is 14.2 Å². The molecule has 2 heterocycles. The lowest BCUT2D eigenvalue weighted by molar-refractivity contribution is -0.144. The van der Waals surface area contributed by atoms with Gasteiger partial charge in [0.1, 0.15) is 23.9 Å². The Bertz CT molecular complexity index is 1790. The van der Waals surface area contributed by atoms with Gasteiger partial charge in [0.25, 0.3) is 5.91 Å². The molecule has 6 nitrogen and oxygen atoms in total. The van der Waals surface area contributed by atoms with Gasteiger partial charge in [-0.15, -0.1) is 0 Å². The SMILES string of the molecule is Cc1cc(OC[C@@H]2COc3ccc(F)cc32)ccc1C(=O)n1c(C)c(CC(=O)OCc2ccccc2)c2ccccc21. The molecule has 0 spiro atoms. The first-order chi connectivity index (χ1) is 20.4. The van der Waals surface area contributed by atoms with Crippen LogP contribution in [0.25, 0.3) is 10.9 Å². The van der Waals surface area contributed by atoms with Crippen molar-refractivity contribution in [1.29, 1.82) is 0 Å². The Balaban J connectivity index is 1.20. The maximum atomic E-state index is 13.9. The topological polar surface area (TPSA) is 66.8 Å². The van der Waals surface area contributed by atoms with Crippen molar-refractivity contribution in [2.24, 2.45) is 0 Å². The largest absolute Gasteiger partial charge is 0.493 e. The smallest absolute Gasteiger partial charge is 0.310 e. The van der Waals surface area contributed by atoms with Crippen LogP contribution in [0.3, 0.4) is 0 Å². The molecule has 0 radical (unpaired) electrons. The molecule has 0 saturated heterocycles. The number of ether oxygens (including phenoxy) is 3. The highest BCUT2D eigenvalue weighted by atomic mass is 19.1. The van der Waals surface area contributed by atoms with Crippen molar-refractivity contribution in [3.8, 4) is 11.5 Å². The second-order valence-corrected chi connectivity index (χ2v) is 10.5. The Labute approximate surface area is 243 Å². The molecule has 212 valence electrons. The monoisotopic (exact) mass is 563 g/mol. The molecule has 42 heavy (non-hydrogen) atoms. The Hall–Kier alpha value is -4.91. The molecule has 7 heteroatoms. The molecule has 0 amide bonds. The summed E-state index contributed by atoms with van der Waals surface area (Å²) in [6.07, 6.45) is 0.0587. The van der Waals surface area contributed by atoms with Crippen LogP contribution in [-0.2, 0) is 22.6 Å². The van der Waals surface area contributed by atoms with Gasteiger partial charge in [-0.3, -0.25) is 14.2 Å². The van der Waals surface area contributed by atoms with E-state index in [1.807, 2.05) is 74.5 Å². The molecule has 1 aliphatic rings. The van der Waals surface area contributed by atoms with Gasteiger partial charge in [-0.1, -0.05) is 48.5 Å². The summed E-state index contributed by atoms with van der Waals surface area (Å²) < 4.78 is 32.6. The number of aromatic nitrogens is 1. The van der Waals surface area contributed by atoms with E-state index < -0.39 is 0 Å². The van der Waals surface area contributed by atoms with Crippen LogP contribution in [0.15, 0.2) is 91.0 Å². The first kappa shape index (κ1) is 27.3. The van der Waals surface area contributed by atoms with Crippen LogP contribution in [0.2, 0.25) is 0 Å². The van der Waals surface area contributed by atoms with Gasteiger partial charge in [-0.05, 0) is 73.0 Å². The third-order valence-electron chi connectivity index (χ3n) is 7.74. The number of aryl methyl sites for hydroxylation is 1. The van der Waals surface area contributed by atoms with Crippen molar-refractivity contribution in [3.05, 3.63) is 130 Å². The summed E-state index contributed by atoms with van der Waals surface area (Å²) in [5.74, 6) is 0.371. The highest BCUT2D eigenvalue weighted by Crippen LogP contribution is 2.35. The van der Waals surface area contributed by atoms with Crippen LogP contribution in [0.4, 0.5) is 4.39 Å². The van der Waals surface area contributed by atoms with Crippen molar-refractivity contribution < 1.29 is 28.2 Å². The minimum atomic E-state index is -0.354. The molecule has 0 bridgehead atoms. The fourth-order valence-corrected chi connectivity index (χ4v) is 5.52. The molecule has 0 unspecified atom stereocenters. The van der Waals surface area contributed by atoms with Gasteiger partial charge in [0.05, 0.1) is 31.1 Å². The first-order valence-corrected chi connectivity index (χ1v) is 13.9. The van der Waals surface area contributed by atoms with E-state index in [9.17, 15) is 14.0 Å². The average Bonchev–Trinajstić information content (AvgIpc) is 3.52. The van der Waals surface area contributed by atoms with E-state index in [1.54, 1.807) is 22.8 Å². The van der Waals surface area contributed by atoms with Crippen LogP contribution in [0.5, 0.6) is 11.5 Å². The van der Waals surface area contributed by atoms with Gasteiger partial charge >= 0.3 is 5.97 Å². The van der Waals surface area contributed by atoms with E-state index in [2.05, 4.69) is 0 Å². The van der Waals surface area contributed by atoms with E-state index >= 15 is 0 Å². The van der Waals surface area contributed by atoms with Crippen LogP contribution in [0, 0.1) is 19.7 Å². The summed E-state index contributed by atoms with van der Waals surface area (Å²) in [5.41, 5.74) is 5.20. The van der Waals surface area contributed by atoms with Gasteiger partial charge in [0.15, 0.2) is 0 Å². The number of esters is 1. The molecule has 0 aliphatic carbocycles. The van der Waals surface area contributed by atoms with Gasteiger partial charge in [-0.2, -0.15) is 0 Å². The molecular weight excluding hydrogens is 533 g/mol. The predicted octanol–water partition coefficient (Wildman–Crippen LogP) is 6.93. The number of carbonyl (C=O) groups excluding carboxylic acids is 2. The number of carbonyl (C=O) groups is 2. The normalized spacial score (nSPS) is 13.9. The second kappa shape index (κ2) is 11.5. The molecule has 4 aromatic carbocycles. The Morgan fingerprint density at radius 2 is 1.74 bits per heavy atom. The Morgan fingerprint density at radius 3 is 2.55 bits per heavy atom. The minimum Gasteiger partial charge on any atom is -0.493 e. The zero-order valence-electron chi connectivity index (χ0n) is 23.4. The fourth-order valence-electron chi connectivity index (χ4n) is 5.52. The van der Waals surface area contributed by atoms with Crippen LogP contribution < -0.4 is 9.47 Å². The summed E-state index contributed by atoms with van der Waals surface area (Å²) >= 11 is 0. The van der Waals surface area contributed by atoms with E-state index in [4.69, 9.17) is 14.2 Å².